The van der Waals surface area contributed by atoms with Crippen molar-refractivity contribution < 1.29 is 98.9 Å². The van der Waals surface area contributed by atoms with Gasteiger partial charge in [-0.15, -0.1) is 0 Å². The molecule has 0 bridgehead atoms. The van der Waals surface area contributed by atoms with Crippen molar-refractivity contribution in [3.05, 3.63) is 40.6 Å². The number of benzene rings is 2. The molecular formula is C34H42O21. The Bertz CT molecular complexity index is 1870. The fourth-order valence-corrected chi connectivity index (χ4v) is 6.46. The Labute approximate surface area is 309 Å². The lowest BCUT2D eigenvalue weighted by molar-refractivity contribution is -0.362. The average molecular weight is 787 g/mol. The summed E-state index contributed by atoms with van der Waals surface area (Å²) in [4.78, 5) is 14.2. The second-order valence-electron chi connectivity index (χ2n) is 13.3. The first kappa shape index (κ1) is 40.7. The topological polar surface area (TPSA) is 338 Å². The number of aromatic hydroxyl groups is 3. The van der Waals surface area contributed by atoms with E-state index < -0.39 is 139 Å². The summed E-state index contributed by atoms with van der Waals surface area (Å²) in [6.45, 7) is -0.171. The Hall–Kier alpha value is -3.91. The normalized spacial score (nSPS) is 36.8. The van der Waals surface area contributed by atoms with E-state index >= 15 is 0 Å². The number of ether oxygens (including phenoxy) is 7. The number of phenols is 3. The Morgan fingerprint density at radius 1 is 0.709 bits per heavy atom. The third-order valence-electron chi connectivity index (χ3n) is 9.61. The van der Waals surface area contributed by atoms with E-state index in [9.17, 15) is 66.1 Å². The summed E-state index contributed by atoms with van der Waals surface area (Å²) in [6, 6.07) is 5.60. The lowest BCUT2D eigenvalue weighted by atomic mass is 9.97. The number of methoxy groups -OCH3 is 1. The monoisotopic (exact) mass is 786 g/mol. The molecule has 0 spiro atoms. The molecule has 6 rings (SSSR count). The standard InChI is InChI=1S/C34H42O21/c1-10-20(39)24(43)27(46)32(50-10)49-9-18-22(41)26(45)31(55-33-28(47)25(44)21(40)17(8-35)52-33)34(53-18)54-30-23(42)19-14(38)6-12(36)7-16(19)51-29(30)11-3-4-13(37)15(5-11)48-2/h3-7,10,17-18,20-22,24-28,31-41,43-47H,8-9H2,1-2H3/t10-,17-,18-,20-,21-,22+,24-,25+,26-,27-,28+,31-,32+,33-,34-/m0/s1. The maximum Gasteiger partial charge on any atom is 0.239 e. The molecule has 3 saturated heterocycles. The summed E-state index contributed by atoms with van der Waals surface area (Å²) < 4.78 is 45.3. The van der Waals surface area contributed by atoms with E-state index in [0.29, 0.717) is 0 Å². The minimum absolute atomic E-state index is 0.0208. The van der Waals surface area contributed by atoms with Gasteiger partial charge in [-0.1, -0.05) is 0 Å². The first-order valence-electron chi connectivity index (χ1n) is 16.9. The lowest BCUT2D eigenvalue weighted by Gasteiger charge is -2.46. The molecule has 304 valence electrons. The minimum Gasteiger partial charge on any atom is -0.508 e. The zero-order chi connectivity index (χ0) is 40.0. The molecule has 0 radical (unpaired) electrons. The summed E-state index contributed by atoms with van der Waals surface area (Å²) in [5.41, 5.74) is -1.39. The van der Waals surface area contributed by atoms with Crippen LogP contribution >= 0.6 is 0 Å². The van der Waals surface area contributed by atoms with Gasteiger partial charge < -0.3 is 98.9 Å². The van der Waals surface area contributed by atoms with Crippen LogP contribution in [0.25, 0.3) is 22.3 Å². The van der Waals surface area contributed by atoms with Crippen LogP contribution in [-0.4, -0.2) is 174 Å². The molecule has 3 fully saturated rings. The molecule has 3 aliphatic rings. The number of aliphatic hydroxyl groups is 9. The fourth-order valence-electron chi connectivity index (χ4n) is 6.46. The summed E-state index contributed by atoms with van der Waals surface area (Å²) in [5, 5.41) is 125. The minimum atomic E-state index is -2.08. The molecule has 2 aromatic carbocycles. The molecule has 3 aromatic rings. The quantitative estimate of drug-likeness (QED) is 0.0946. The van der Waals surface area contributed by atoms with E-state index in [-0.39, 0.29) is 22.6 Å². The van der Waals surface area contributed by atoms with Gasteiger partial charge in [-0.25, -0.2) is 0 Å². The molecule has 0 unspecified atom stereocenters. The van der Waals surface area contributed by atoms with Crippen LogP contribution in [0.3, 0.4) is 0 Å². The number of aliphatic hydroxyl groups excluding tert-OH is 9. The highest BCUT2D eigenvalue weighted by Gasteiger charge is 2.52. The van der Waals surface area contributed by atoms with Crippen molar-refractivity contribution in [2.45, 2.75) is 99.0 Å². The Morgan fingerprint density at radius 3 is 2.05 bits per heavy atom. The summed E-state index contributed by atoms with van der Waals surface area (Å²) >= 11 is 0. The number of fused-ring (bicyclic) bond motifs is 1. The molecule has 15 atom stereocenters. The lowest BCUT2D eigenvalue weighted by Crippen LogP contribution is -2.65. The van der Waals surface area contributed by atoms with Gasteiger partial charge in [0.05, 0.1) is 26.4 Å². The third kappa shape index (κ3) is 7.77. The first-order valence-corrected chi connectivity index (χ1v) is 16.9. The molecular weight excluding hydrogens is 744 g/mol. The van der Waals surface area contributed by atoms with Crippen molar-refractivity contribution in [2.24, 2.45) is 0 Å². The Balaban J connectivity index is 1.41. The number of phenolic OH excluding ortho intramolecular Hbond substituents is 3. The molecule has 55 heavy (non-hydrogen) atoms. The van der Waals surface area contributed by atoms with Gasteiger partial charge in [0, 0.05) is 17.7 Å². The van der Waals surface area contributed by atoms with Gasteiger partial charge >= 0.3 is 0 Å². The second-order valence-corrected chi connectivity index (χ2v) is 13.3. The van der Waals surface area contributed by atoms with Crippen molar-refractivity contribution in [3.8, 4) is 40.1 Å². The van der Waals surface area contributed by atoms with Crippen molar-refractivity contribution in [1.29, 1.82) is 0 Å². The fraction of sp³-hybridized carbons (Fsp3) is 0.559. The van der Waals surface area contributed by atoms with Gasteiger partial charge in [0.1, 0.15) is 83.5 Å². The van der Waals surface area contributed by atoms with E-state index in [4.69, 9.17) is 37.6 Å². The Morgan fingerprint density at radius 2 is 1.36 bits per heavy atom. The van der Waals surface area contributed by atoms with Gasteiger partial charge in [0.25, 0.3) is 0 Å². The summed E-state index contributed by atoms with van der Waals surface area (Å²) in [6.07, 6.45) is -26.4. The molecule has 21 nitrogen and oxygen atoms in total. The van der Waals surface area contributed by atoms with Crippen molar-refractivity contribution >= 4 is 11.0 Å². The smallest absolute Gasteiger partial charge is 0.239 e. The van der Waals surface area contributed by atoms with Crippen LogP contribution in [0.1, 0.15) is 6.92 Å². The predicted octanol–water partition coefficient (Wildman–Crippen LogP) is -3.56. The molecule has 0 saturated carbocycles. The van der Waals surface area contributed by atoms with E-state index in [1.807, 2.05) is 0 Å². The predicted molar refractivity (Wildman–Crippen MR) is 178 cm³/mol. The van der Waals surface area contributed by atoms with Gasteiger partial charge in [0.2, 0.25) is 17.5 Å². The molecule has 12 N–H and O–H groups in total. The van der Waals surface area contributed by atoms with Crippen LogP contribution in [0.2, 0.25) is 0 Å². The van der Waals surface area contributed by atoms with E-state index in [1.165, 1.54) is 32.2 Å². The number of hydrogen-bond donors (Lipinski definition) is 12. The number of hydrogen-bond acceptors (Lipinski definition) is 21. The van der Waals surface area contributed by atoms with Crippen molar-refractivity contribution in [1.82, 2.24) is 0 Å². The molecule has 4 heterocycles. The molecule has 21 heteroatoms. The SMILES string of the molecule is COc1cc(-c2oc3cc(O)cc(O)c3c(=O)c2O[C@@H]2O[C@@H](CO[C@@H]3O[C@@H](C)[C@H](O)[C@H](O)[C@@H]3O)[C@@H](O)[C@H](O)[C@@H]2O[C@@H]2O[C@@H](CO)[C@H](O)[C@@H](O)[C@H]2O)ccc1O. The maximum atomic E-state index is 14.2. The van der Waals surface area contributed by atoms with Gasteiger partial charge in [-0.05, 0) is 25.1 Å². The maximum absolute atomic E-state index is 14.2. The highest BCUT2D eigenvalue weighted by atomic mass is 16.8. The summed E-state index contributed by atoms with van der Waals surface area (Å²) in [7, 11) is 1.25. The van der Waals surface area contributed by atoms with Crippen molar-refractivity contribution in [2.75, 3.05) is 20.3 Å². The molecule has 1 aromatic heterocycles. The second kappa shape index (κ2) is 16.3. The van der Waals surface area contributed by atoms with Crippen LogP contribution in [0.4, 0.5) is 0 Å². The van der Waals surface area contributed by atoms with Crippen LogP contribution in [0.15, 0.2) is 39.5 Å². The first-order chi connectivity index (χ1) is 26.1. The number of rotatable bonds is 10. The van der Waals surface area contributed by atoms with Crippen LogP contribution in [0, 0.1) is 0 Å². The van der Waals surface area contributed by atoms with Gasteiger partial charge in [-0.2, -0.15) is 0 Å². The van der Waals surface area contributed by atoms with E-state index in [1.54, 1.807) is 0 Å². The van der Waals surface area contributed by atoms with Crippen LogP contribution in [0.5, 0.6) is 28.7 Å². The largest absolute Gasteiger partial charge is 0.508 e. The van der Waals surface area contributed by atoms with E-state index in [0.717, 1.165) is 12.1 Å². The summed E-state index contributed by atoms with van der Waals surface area (Å²) in [5.74, 6) is -2.77. The average Bonchev–Trinajstić information content (AvgIpc) is 3.15. The highest BCUT2D eigenvalue weighted by molar-refractivity contribution is 5.88. The van der Waals surface area contributed by atoms with Gasteiger partial charge in [-0.3, -0.25) is 4.79 Å². The van der Waals surface area contributed by atoms with Crippen LogP contribution in [-0.2, 0) is 23.7 Å². The molecule has 0 amide bonds. The van der Waals surface area contributed by atoms with Gasteiger partial charge in [0.15, 0.2) is 35.9 Å². The van der Waals surface area contributed by atoms with E-state index in [2.05, 4.69) is 0 Å². The van der Waals surface area contributed by atoms with Crippen molar-refractivity contribution in [3.63, 3.8) is 0 Å². The zero-order valence-electron chi connectivity index (χ0n) is 29.0. The molecule has 0 aliphatic carbocycles. The third-order valence-corrected chi connectivity index (χ3v) is 9.61. The van der Waals surface area contributed by atoms with Crippen LogP contribution < -0.4 is 14.9 Å². The molecule has 3 aliphatic heterocycles. The highest BCUT2D eigenvalue weighted by Crippen LogP contribution is 2.40. The Kier molecular flexibility index (Phi) is 12.1. The zero-order valence-corrected chi connectivity index (χ0v) is 29.0.